The van der Waals surface area contributed by atoms with E-state index in [1.807, 2.05) is 29.1 Å². The molecule has 8 heteroatoms. The Balaban J connectivity index is 0.00000121. The van der Waals surface area contributed by atoms with E-state index in [0.29, 0.717) is 24.3 Å². The number of carbonyl (C=O) groups excluding carboxylic acids is 1. The fourth-order valence-electron chi connectivity index (χ4n) is 3.93. The zero-order chi connectivity index (χ0) is 16.4. The molecule has 1 aliphatic carbocycles. The molecule has 2 aromatic rings. The molecule has 6 nitrogen and oxygen atoms in total. The molecule has 1 aliphatic heterocycles. The van der Waals surface area contributed by atoms with Crippen LogP contribution in [0.3, 0.4) is 0 Å². The van der Waals surface area contributed by atoms with Gasteiger partial charge in [0.15, 0.2) is 5.82 Å². The predicted octanol–water partition coefficient (Wildman–Crippen LogP) is 3.03. The highest BCUT2D eigenvalue weighted by Gasteiger charge is 2.38. The summed E-state index contributed by atoms with van der Waals surface area (Å²) in [5, 5.41) is 10.9. The first-order valence-corrected chi connectivity index (χ1v) is 8.77. The van der Waals surface area contributed by atoms with Crippen molar-refractivity contribution in [3.05, 3.63) is 42.4 Å². The molecule has 2 N–H and O–H groups in total. The molecule has 142 valence electrons. The van der Waals surface area contributed by atoms with Gasteiger partial charge >= 0.3 is 0 Å². The van der Waals surface area contributed by atoms with Crippen molar-refractivity contribution in [1.82, 2.24) is 20.1 Å². The number of amides is 1. The van der Waals surface area contributed by atoms with E-state index in [0.717, 1.165) is 12.0 Å². The highest BCUT2D eigenvalue weighted by Crippen LogP contribution is 2.33. The van der Waals surface area contributed by atoms with Gasteiger partial charge in [-0.3, -0.25) is 14.5 Å². The number of anilines is 1. The number of rotatable bonds is 4. The summed E-state index contributed by atoms with van der Waals surface area (Å²) in [6.07, 6.45) is 11.4. The van der Waals surface area contributed by atoms with Gasteiger partial charge in [-0.15, -0.1) is 24.8 Å². The van der Waals surface area contributed by atoms with Crippen LogP contribution in [0.25, 0.3) is 0 Å². The molecule has 0 spiro atoms. The summed E-state index contributed by atoms with van der Waals surface area (Å²) in [6, 6.07) is 6.22. The lowest BCUT2D eigenvalue weighted by molar-refractivity contribution is -0.117. The normalized spacial score (nSPS) is 24.1. The summed E-state index contributed by atoms with van der Waals surface area (Å²) < 4.78 is 1.83. The van der Waals surface area contributed by atoms with Crippen molar-refractivity contribution in [2.75, 3.05) is 5.32 Å². The second kappa shape index (κ2) is 9.35. The summed E-state index contributed by atoms with van der Waals surface area (Å²) in [5.41, 5.74) is 1.13. The van der Waals surface area contributed by atoms with Gasteiger partial charge in [0.05, 0.1) is 12.6 Å². The number of fused-ring (bicyclic) bond motifs is 1. The third-order valence-electron chi connectivity index (χ3n) is 5.17. The summed E-state index contributed by atoms with van der Waals surface area (Å²) in [5.74, 6) is 1.32. The van der Waals surface area contributed by atoms with E-state index in [1.54, 1.807) is 12.4 Å². The number of carbonyl (C=O) groups is 1. The number of hydrogen-bond acceptors (Lipinski definition) is 4. The second-order valence-electron chi connectivity index (χ2n) is 6.85. The molecule has 3 heterocycles. The molecule has 0 bridgehead atoms. The molecular weight excluding hydrogens is 373 g/mol. The van der Waals surface area contributed by atoms with Crippen molar-refractivity contribution in [2.24, 2.45) is 5.92 Å². The van der Waals surface area contributed by atoms with Crippen LogP contribution in [0.5, 0.6) is 0 Å². The average Bonchev–Trinajstić information content (AvgIpc) is 3.22. The second-order valence-corrected chi connectivity index (χ2v) is 6.85. The van der Waals surface area contributed by atoms with E-state index in [9.17, 15) is 4.79 Å². The van der Waals surface area contributed by atoms with Crippen LogP contribution >= 0.6 is 24.8 Å². The van der Waals surface area contributed by atoms with Crippen molar-refractivity contribution >= 4 is 36.5 Å². The first kappa shape index (κ1) is 20.7. The molecule has 0 aromatic carbocycles. The fraction of sp³-hybridized carbons (Fsp3) is 0.500. The van der Waals surface area contributed by atoms with Crippen molar-refractivity contribution < 1.29 is 4.79 Å². The highest BCUT2D eigenvalue weighted by atomic mass is 35.5. The molecule has 1 amide bonds. The van der Waals surface area contributed by atoms with E-state index >= 15 is 0 Å². The molecule has 2 aliphatic rings. The number of nitrogens with zero attached hydrogens (tertiary/aromatic N) is 3. The molecule has 0 radical (unpaired) electrons. The third-order valence-corrected chi connectivity index (χ3v) is 5.17. The van der Waals surface area contributed by atoms with Crippen LogP contribution in [0, 0.1) is 5.92 Å². The monoisotopic (exact) mass is 397 g/mol. The Kier molecular flexibility index (Phi) is 7.43. The minimum absolute atomic E-state index is 0. The first-order chi connectivity index (χ1) is 11.8. The van der Waals surface area contributed by atoms with Crippen LogP contribution < -0.4 is 10.6 Å². The minimum Gasteiger partial charge on any atom is -0.308 e. The van der Waals surface area contributed by atoms with Crippen LogP contribution in [0.15, 0.2) is 36.8 Å². The highest BCUT2D eigenvalue weighted by molar-refractivity contribution is 5.94. The quantitative estimate of drug-likeness (QED) is 0.831. The molecule has 3 atom stereocenters. The van der Waals surface area contributed by atoms with E-state index in [2.05, 4.69) is 20.7 Å². The maximum atomic E-state index is 12.5. The Morgan fingerprint density at radius 1 is 1.19 bits per heavy atom. The van der Waals surface area contributed by atoms with Crippen LogP contribution in [0.4, 0.5) is 5.82 Å². The smallest absolute Gasteiger partial charge is 0.242 e. The zero-order valence-corrected chi connectivity index (χ0v) is 16.1. The number of aromatic nitrogens is 3. The lowest BCUT2D eigenvalue weighted by atomic mass is 9.85. The van der Waals surface area contributed by atoms with Gasteiger partial charge in [-0.05, 0) is 42.9 Å². The molecule has 2 aromatic heterocycles. The third kappa shape index (κ3) is 4.75. The van der Waals surface area contributed by atoms with Crippen LogP contribution in [0.2, 0.25) is 0 Å². The zero-order valence-electron chi connectivity index (χ0n) is 14.5. The first-order valence-electron chi connectivity index (χ1n) is 8.77. The molecule has 2 fully saturated rings. The number of hydrogen-bond donors (Lipinski definition) is 2. The standard InChI is InChI=1S/C18H23N5O.2ClH/c24-18(16-11-14-3-1-2-4-15(14)20-16)21-17-7-10-23(22-17)12-13-5-8-19-9-6-13;;/h5-10,14-16,20H,1-4,11-12H2,(H,21,22,24);2*1H. The minimum atomic E-state index is -0.0801. The molecule has 3 unspecified atom stereocenters. The predicted molar refractivity (Wildman–Crippen MR) is 106 cm³/mol. The Bertz CT molecular complexity index is 695. The van der Waals surface area contributed by atoms with Gasteiger partial charge < -0.3 is 10.6 Å². The maximum Gasteiger partial charge on any atom is 0.242 e. The topological polar surface area (TPSA) is 71.8 Å². The average molecular weight is 398 g/mol. The van der Waals surface area contributed by atoms with E-state index in [4.69, 9.17) is 0 Å². The Morgan fingerprint density at radius 3 is 2.73 bits per heavy atom. The largest absolute Gasteiger partial charge is 0.308 e. The van der Waals surface area contributed by atoms with Crippen molar-refractivity contribution in [1.29, 1.82) is 0 Å². The van der Waals surface area contributed by atoms with E-state index < -0.39 is 0 Å². The molecule has 26 heavy (non-hydrogen) atoms. The van der Waals surface area contributed by atoms with E-state index in [1.165, 1.54) is 25.7 Å². The van der Waals surface area contributed by atoms with Gasteiger partial charge in [0, 0.05) is 30.7 Å². The lowest BCUT2D eigenvalue weighted by Crippen LogP contribution is -2.40. The van der Waals surface area contributed by atoms with Crippen molar-refractivity contribution in [3.8, 4) is 0 Å². The number of nitrogens with one attached hydrogen (secondary N) is 2. The Labute approximate surface area is 166 Å². The van der Waals surface area contributed by atoms with Crippen molar-refractivity contribution in [3.63, 3.8) is 0 Å². The fourth-order valence-corrected chi connectivity index (χ4v) is 3.93. The molecule has 1 saturated carbocycles. The summed E-state index contributed by atoms with van der Waals surface area (Å²) >= 11 is 0. The van der Waals surface area contributed by atoms with Gasteiger partial charge in [-0.25, -0.2) is 0 Å². The van der Waals surface area contributed by atoms with Crippen LogP contribution in [-0.4, -0.2) is 32.8 Å². The number of halogens is 2. The molecule has 4 rings (SSSR count). The lowest BCUT2D eigenvalue weighted by Gasteiger charge is -2.24. The van der Waals surface area contributed by atoms with Gasteiger partial charge in [-0.2, -0.15) is 5.10 Å². The Hall–Kier alpha value is -1.63. The van der Waals surface area contributed by atoms with Gasteiger partial charge in [0.2, 0.25) is 5.91 Å². The summed E-state index contributed by atoms with van der Waals surface area (Å²) in [7, 11) is 0. The van der Waals surface area contributed by atoms with Crippen LogP contribution in [-0.2, 0) is 11.3 Å². The SMILES string of the molecule is Cl.Cl.O=C(Nc1ccn(Cc2ccncc2)n1)C1CC2CCCCC2N1. The van der Waals surface area contributed by atoms with Gasteiger partial charge in [-0.1, -0.05) is 12.8 Å². The Morgan fingerprint density at radius 2 is 1.96 bits per heavy atom. The van der Waals surface area contributed by atoms with E-state index in [-0.39, 0.29) is 36.8 Å². The molecular formula is C18H25Cl2N5O. The maximum absolute atomic E-state index is 12.5. The van der Waals surface area contributed by atoms with Crippen LogP contribution in [0.1, 0.15) is 37.7 Å². The van der Waals surface area contributed by atoms with Gasteiger partial charge in [0.25, 0.3) is 0 Å². The summed E-state index contributed by atoms with van der Waals surface area (Å²) in [6.45, 7) is 0.671. The molecule has 1 saturated heterocycles. The number of pyridine rings is 1. The van der Waals surface area contributed by atoms with Crippen molar-refractivity contribution in [2.45, 2.75) is 50.7 Å². The summed E-state index contributed by atoms with van der Waals surface area (Å²) in [4.78, 5) is 16.5. The van der Waals surface area contributed by atoms with Gasteiger partial charge in [0.1, 0.15) is 0 Å².